The molecule has 3 aromatic carbocycles. The molecule has 0 unspecified atom stereocenters. The smallest absolute Gasteiger partial charge is 0.354 e. The van der Waals surface area contributed by atoms with E-state index in [-0.39, 0.29) is 17.9 Å². The summed E-state index contributed by atoms with van der Waals surface area (Å²) in [4.78, 5) is 28.2. The number of halogens is 4. The van der Waals surface area contributed by atoms with Crippen molar-refractivity contribution in [2.24, 2.45) is 0 Å². The molecular weight excluding hydrogens is 603 g/mol. The van der Waals surface area contributed by atoms with Crippen molar-refractivity contribution in [2.45, 2.75) is 57.1 Å². The second kappa shape index (κ2) is 14.7. The van der Waals surface area contributed by atoms with Crippen molar-refractivity contribution < 1.29 is 31.2 Å². The van der Waals surface area contributed by atoms with Crippen molar-refractivity contribution in [3.05, 3.63) is 94.5 Å². The zero-order chi connectivity index (χ0) is 31.8. The zero-order valence-corrected chi connectivity index (χ0v) is 25.8. The highest BCUT2D eigenvalue weighted by molar-refractivity contribution is 7.92. The van der Waals surface area contributed by atoms with Crippen LogP contribution in [-0.4, -0.2) is 50.8 Å². The largest absolute Gasteiger partial charge is 0.417 e. The van der Waals surface area contributed by atoms with Crippen molar-refractivity contribution in [2.75, 3.05) is 23.9 Å². The van der Waals surface area contributed by atoms with E-state index < -0.39 is 56.9 Å². The summed E-state index contributed by atoms with van der Waals surface area (Å²) in [7, 11) is -4.53. The summed E-state index contributed by atoms with van der Waals surface area (Å²) in [5.41, 5.74) is 0.0239. The molecule has 0 aliphatic rings. The molecule has 232 valence electrons. The lowest BCUT2D eigenvalue weighted by Crippen LogP contribution is -2.53. The molecule has 0 aliphatic carbocycles. The van der Waals surface area contributed by atoms with E-state index in [9.17, 15) is 31.2 Å². The monoisotopic (exact) mass is 637 g/mol. The van der Waals surface area contributed by atoms with Crippen LogP contribution in [0.2, 0.25) is 5.02 Å². The van der Waals surface area contributed by atoms with Gasteiger partial charge in [0.15, 0.2) is 0 Å². The number of rotatable bonds is 13. The van der Waals surface area contributed by atoms with Gasteiger partial charge in [-0.25, -0.2) is 8.42 Å². The first-order valence-corrected chi connectivity index (χ1v) is 15.7. The van der Waals surface area contributed by atoms with Crippen LogP contribution in [0.4, 0.5) is 18.9 Å². The summed E-state index contributed by atoms with van der Waals surface area (Å²) in [5.74, 6) is -1.14. The Morgan fingerprint density at radius 1 is 0.977 bits per heavy atom. The summed E-state index contributed by atoms with van der Waals surface area (Å²) in [6, 6.07) is 16.7. The van der Waals surface area contributed by atoms with Crippen LogP contribution in [-0.2, 0) is 32.2 Å². The molecule has 3 rings (SSSR count). The fraction of sp³-hybridized carbons (Fsp3) is 0.355. The number of aryl methyl sites for hydroxylation is 1. The number of nitrogens with one attached hydrogen (secondary N) is 1. The molecule has 0 bridgehead atoms. The number of hydrogen-bond acceptors (Lipinski definition) is 4. The Labute approximate surface area is 255 Å². The van der Waals surface area contributed by atoms with Gasteiger partial charge in [0, 0.05) is 13.1 Å². The summed E-state index contributed by atoms with van der Waals surface area (Å²) < 4.78 is 69.8. The molecular formula is C31H35ClF3N3O4S. The van der Waals surface area contributed by atoms with Crippen molar-refractivity contribution in [1.82, 2.24) is 10.2 Å². The molecule has 0 spiro atoms. The van der Waals surface area contributed by atoms with Gasteiger partial charge in [0.1, 0.15) is 12.6 Å². The van der Waals surface area contributed by atoms with Gasteiger partial charge < -0.3 is 10.2 Å². The number of alkyl halides is 3. The van der Waals surface area contributed by atoms with Crippen LogP contribution < -0.4 is 9.62 Å². The molecule has 0 aliphatic heterocycles. The molecule has 0 radical (unpaired) electrons. The second-order valence-corrected chi connectivity index (χ2v) is 12.3. The van der Waals surface area contributed by atoms with E-state index in [2.05, 4.69) is 5.32 Å². The highest BCUT2D eigenvalue weighted by Gasteiger charge is 2.37. The van der Waals surface area contributed by atoms with Crippen LogP contribution >= 0.6 is 11.6 Å². The Morgan fingerprint density at radius 2 is 1.63 bits per heavy atom. The summed E-state index contributed by atoms with van der Waals surface area (Å²) in [6.07, 6.45) is -3.60. The number of sulfonamides is 1. The third-order valence-electron chi connectivity index (χ3n) is 6.85. The van der Waals surface area contributed by atoms with E-state index >= 15 is 0 Å². The van der Waals surface area contributed by atoms with Crippen LogP contribution in [0.3, 0.4) is 0 Å². The van der Waals surface area contributed by atoms with E-state index in [0.29, 0.717) is 29.8 Å². The van der Waals surface area contributed by atoms with Gasteiger partial charge in [-0.2, -0.15) is 13.2 Å². The molecule has 1 N–H and O–H groups in total. The lowest BCUT2D eigenvalue weighted by Gasteiger charge is -2.33. The first-order chi connectivity index (χ1) is 20.3. The summed E-state index contributed by atoms with van der Waals surface area (Å²) in [5, 5.41) is 2.18. The fourth-order valence-corrected chi connectivity index (χ4v) is 6.14. The number of amides is 2. The van der Waals surface area contributed by atoms with Crippen LogP contribution in [0.25, 0.3) is 0 Å². The molecule has 3 aromatic rings. The predicted octanol–water partition coefficient (Wildman–Crippen LogP) is 6.24. The number of hydrogen-bond donors (Lipinski definition) is 1. The van der Waals surface area contributed by atoms with E-state index in [1.165, 1.54) is 17.0 Å². The Kier molecular flexibility index (Phi) is 11.6. The van der Waals surface area contributed by atoms with Gasteiger partial charge in [-0.3, -0.25) is 13.9 Å². The average Bonchev–Trinajstić information content (AvgIpc) is 2.97. The van der Waals surface area contributed by atoms with Gasteiger partial charge in [-0.1, -0.05) is 73.5 Å². The molecule has 0 saturated carbocycles. The molecule has 2 amide bonds. The molecule has 43 heavy (non-hydrogen) atoms. The Balaban J connectivity index is 2.09. The minimum atomic E-state index is -4.87. The minimum Gasteiger partial charge on any atom is -0.354 e. The second-order valence-electron chi connectivity index (χ2n) is 10.0. The van der Waals surface area contributed by atoms with Gasteiger partial charge in [-0.05, 0) is 62.1 Å². The number of benzene rings is 3. The van der Waals surface area contributed by atoms with E-state index in [1.54, 1.807) is 26.0 Å². The van der Waals surface area contributed by atoms with Gasteiger partial charge in [0.25, 0.3) is 10.0 Å². The lowest BCUT2D eigenvalue weighted by atomic mass is 10.1. The number of carbonyl (C=O) groups is 2. The van der Waals surface area contributed by atoms with Crippen LogP contribution in [0.1, 0.15) is 43.4 Å². The lowest BCUT2D eigenvalue weighted by molar-refractivity contribution is -0.139. The van der Waals surface area contributed by atoms with Gasteiger partial charge in [0.2, 0.25) is 11.8 Å². The highest BCUT2D eigenvalue weighted by atomic mass is 35.5. The average molecular weight is 638 g/mol. The Morgan fingerprint density at radius 3 is 2.21 bits per heavy atom. The normalized spacial score (nSPS) is 12.4. The minimum absolute atomic E-state index is 0.0771. The summed E-state index contributed by atoms with van der Waals surface area (Å²) >= 11 is 5.82. The first kappa shape index (κ1) is 33.9. The maximum Gasteiger partial charge on any atom is 0.417 e. The molecule has 0 fully saturated rings. The third-order valence-corrected chi connectivity index (χ3v) is 8.97. The SMILES string of the molecule is CCCNC(=O)[C@@H](CC)N(CCc1ccccc1)C(=O)CN(c1ccc(Cl)c(C(F)(F)F)c1)S(=O)(=O)c1ccc(C)cc1. The van der Waals surface area contributed by atoms with Crippen molar-refractivity contribution in [1.29, 1.82) is 0 Å². The van der Waals surface area contributed by atoms with Crippen LogP contribution in [0, 0.1) is 6.92 Å². The standard InChI is InChI=1S/C31H35ClF3N3O4S/c1-4-18-36-30(40)28(5-2)37(19-17-23-9-7-6-8-10-23)29(39)21-38(43(41,42)25-14-11-22(3)12-15-25)24-13-16-27(32)26(20-24)31(33,34)35/h6-16,20,28H,4-5,17-19,21H2,1-3H3,(H,36,40)/t28-/m1/s1. The van der Waals surface area contributed by atoms with E-state index in [4.69, 9.17) is 11.6 Å². The Bertz CT molecular complexity index is 1500. The fourth-order valence-electron chi connectivity index (χ4n) is 4.51. The topological polar surface area (TPSA) is 86.8 Å². The van der Waals surface area contributed by atoms with Crippen LogP contribution in [0.15, 0.2) is 77.7 Å². The Hall–Kier alpha value is -3.57. The van der Waals surface area contributed by atoms with E-state index in [1.807, 2.05) is 37.3 Å². The molecule has 0 saturated heterocycles. The predicted molar refractivity (Wildman–Crippen MR) is 161 cm³/mol. The van der Waals surface area contributed by atoms with E-state index in [0.717, 1.165) is 23.3 Å². The first-order valence-electron chi connectivity index (χ1n) is 13.9. The molecule has 0 aromatic heterocycles. The quantitative estimate of drug-likeness (QED) is 0.240. The maximum absolute atomic E-state index is 14.0. The number of nitrogens with zero attached hydrogens (tertiary/aromatic N) is 2. The van der Waals surface area contributed by atoms with Gasteiger partial charge in [0.05, 0.1) is 21.2 Å². The number of carbonyl (C=O) groups excluding carboxylic acids is 2. The summed E-state index contributed by atoms with van der Waals surface area (Å²) in [6.45, 7) is 4.99. The molecule has 7 nitrogen and oxygen atoms in total. The van der Waals surface area contributed by atoms with Crippen molar-refractivity contribution >= 4 is 39.1 Å². The zero-order valence-electron chi connectivity index (χ0n) is 24.2. The van der Waals surface area contributed by atoms with Crippen molar-refractivity contribution in [3.63, 3.8) is 0 Å². The van der Waals surface area contributed by atoms with Gasteiger partial charge in [-0.15, -0.1) is 0 Å². The molecule has 1 atom stereocenters. The third kappa shape index (κ3) is 8.73. The highest BCUT2D eigenvalue weighted by Crippen LogP contribution is 2.38. The van der Waals surface area contributed by atoms with Gasteiger partial charge >= 0.3 is 6.18 Å². The molecule has 0 heterocycles. The van der Waals surface area contributed by atoms with Crippen molar-refractivity contribution in [3.8, 4) is 0 Å². The maximum atomic E-state index is 14.0. The molecule has 12 heteroatoms. The number of anilines is 1. The van der Waals surface area contributed by atoms with Crippen LogP contribution in [0.5, 0.6) is 0 Å².